The second-order valence-corrected chi connectivity index (χ2v) is 5.78. The number of carbonyl (C=O) groups is 1. The highest BCUT2D eigenvalue weighted by Gasteiger charge is 2.08. The number of nitrogens with zero attached hydrogens (tertiary/aromatic N) is 1. The molecule has 1 heterocycles. The average Bonchev–Trinajstić information content (AvgIpc) is 2.66. The number of methoxy groups -OCH3 is 1. The molecule has 132 valence electrons. The Bertz CT molecular complexity index is 915. The summed E-state index contributed by atoms with van der Waals surface area (Å²) in [5, 5.41) is 5.79. The number of carbonyl (C=O) groups excluding carboxylic acids is 1. The summed E-state index contributed by atoms with van der Waals surface area (Å²) in [4.78, 5) is 16.4. The fraction of sp³-hybridized carbons (Fsp3) is 0.0526. The molecule has 2 aromatic carbocycles. The Morgan fingerprint density at radius 2 is 1.81 bits per heavy atom. The Labute approximate surface area is 154 Å². The monoisotopic (exact) mass is 371 g/mol. The number of halogens is 2. The number of pyridine rings is 1. The predicted molar refractivity (Wildman–Crippen MR) is 99.9 cm³/mol. The molecule has 5 nitrogen and oxygen atoms in total. The molecule has 0 bridgehead atoms. The smallest absolute Gasteiger partial charge is 0.257 e. The van der Waals surface area contributed by atoms with Gasteiger partial charge in [-0.2, -0.15) is 0 Å². The van der Waals surface area contributed by atoms with Crippen molar-refractivity contribution in [3.05, 3.63) is 77.2 Å². The first-order valence-corrected chi connectivity index (χ1v) is 8.06. The molecule has 0 aliphatic heterocycles. The van der Waals surface area contributed by atoms with Gasteiger partial charge < -0.3 is 15.4 Å². The van der Waals surface area contributed by atoms with Crippen molar-refractivity contribution in [3.8, 4) is 5.75 Å². The normalized spacial score (nSPS) is 10.3. The summed E-state index contributed by atoms with van der Waals surface area (Å²) in [5.74, 6) is 0.449. The first-order valence-electron chi connectivity index (χ1n) is 7.69. The number of benzene rings is 2. The highest BCUT2D eigenvalue weighted by Crippen LogP contribution is 2.22. The van der Waals surface area contributed by atoms with Crippen molar-refractivity contribution in [3.63, 3.8) is 0 Å². The van der Waals surface area contributed by atoms with Gasteiger partial charge in [0.2, 0.25) is 0 Å². The van der Waals surface area contributed by atoms with Crippen LogP contribution in [0.3, 0.4) is 0 Å². The van der Waals surface area contributed by atoms with Crippen LogP contribution in [-0.4, -0.2) is 18.0 Å². The summed E-state index contributed by atoms with van der Waals surface area (Å²) in [6.45, 7) is 0. The molecule has 7 heteroatoms. The lowest BCUT2D eigenvalue weighted by atomic mass is 10.2. The summed E-state index contributed by atoms with van der Waals surface area (Å²) in [7, 11) is 1.58. The molecule has 0 saturated carbocycles. The van der Waals surface area contributed by atoms with Gasteiger partial charge in [-0.25, -0.2) is 9.37 Å². The van der Waals surface area contributed by atoms with Crippen LogP contribution in [0.1, 0.15) is 10.4 Å². The van der Waals surface area contributed by atoms with Crippen LogP contribution in [0.2, 0.25) is 5.02 Å². The summed E-state index contributed by atoms with van der Waals surface area (Å²) in [5.41, 5.74) is 1.65. The molecule has 3 aromatic rings. The van der Waals surface area contributed by atoms with E-state index < -0.39 is 5.82 Å². The van der Waals surface area contributed by atoms with Crippen LogP contribution in [0.25, 0.3) is 0 Å². The first-order chi connectivity index (χ1) is 12.5. The zero-order valence-corrected chi connectivity index (χ0v) is 14.5. The molecule has 3 rings (SSSR count). The van der Waals surface area contributed by atoms with Gasteiger partial charge in [0.05, 0.1) is 17.7 Å². The Kier molecular flexibility index (Phi) is 5.34. The Hall–Kier alpha value is -3.12. The largest absolute Gasteiger partial charge is 0.497 e. The number of hydrogen-bond acceptors (Lipinski definition) is 4. The second-order valence-electron chi connectivity index (χ2n) is 5.37. The van der Waals surface area contributed by atoms with Crippen LogP contribution in [0.15, 0.2) is 60.8 Å². The maximum absolute atomic E-state index is 13.2. The van der Waals surface area contributed by atoms with Gasteiger partial charge in [0.1, 0.15) is 17.4 Å². The minimum Gasteiger partial charge on any atom is -0.497 e. The quantitative estimate of drug-likeness (QED) is 0.671. The second kappa shape index (κ2) is 7.84. The molecule has 0 aliphatic carbocycles. The third-order valence-electron chi connectivity index (χ3n) is 3.57. The summed E-state index contributed by atoms with van der Waals surface area (Å²) < 4.78 is 18.2. The number of rotatable bonds is 5. The topological polar surface area (TPSA) is 63.2 Å². The van der Waals surface area contributed by atoms with Gasteiger partial charge in [-0.05, 0) is 54.6 Å². The number of anilines is 3. The lowest BCUT2D eigenvalue weighted by Crippen LogP contribution is -2.12. The van der Waals surface area contributed by atoms with Crippen molar-refractivity contribution >= 4 is 34.7 Å². The van der Waals surface area contributed by atoms with Gasteiger partial charge in [-0.15, -0.1) is 0 Å². The number of ether oxygens (including phenoxy) is 1. The number of hydrogen-bond donors (Lipinski definition) is 2. The predicted octanol–water partition coefficient (Wildman–Crippen LogP) is 4.88. The van der Waals surface area contributed by atoms with E-state index in [9.17, 15) is 9.18 Å². The SMILES string of the molecule is COc1ccc(NC(=O)c2ccc(Nc3ccc(F)c(Cl)c3)nc2)cc1. The van der Waals surface area contributed by atoms with E-state index in [1.807, 2.05) is 0 Å². The lowest BCUT2D eigenvalue weighted by molar-refractivity contribution is 0.102. The van der Waals surface area contributed by atoms with E-state index in [0.717, 1.165) is 0 Å². The number of nitrogens with one attached hydrogen (secondary N) is 2. The first kappa shape index (κ1) is 17.7. The molecule has 1 amide bonds. The number of aromatic nitrogens is 1. The minimum atomic E-state index is -0.490. The van der Waals surface area contributed by atoms with Gasteiger partial charge >= 0.3 is 0 Å². The summed E-state index contributed by atoms with van der Waals surface area (Å²) in [6, 6.07) is 14.6. The molecule has 0 fully saturated rings. The van der Waals surface area contributed by atoms with Gasteiger partial charge in [0, 0.05) is 17.6 Å². The van der Waals surface area contributed by atoms with Gasteiger partial charge in [-0.1, -0.05) is 11.6 Å². The fourth-order valence-electron chi connectivity index (χ4n) is 2.20. The summed E-state index contributed by atoms with van der Waals surface area (Å²) in [6.07, 6.45) is 1.45. The van der Waals surface area contributed by atoms with Crippen LogP contribution < -0.4 is 15.4 Å². The Morgan fingerprint density at radius 1 is 1.08 bits per heavy atom. The zero-order chi connectivity index (χ0) is 18.5. The van der Waals surface area contributed by atoms with E-state index in [-0.39, 0.29) is 10.9 Å². The molecule has 0 aliphatic rings. The van der Waals surface area contributed by atoms with Crippen molar-refractivity contribution in [2.24, 2.45) is 0 Å². The molecule has 26 heavy (non-hydrogen) atoms. The Morgan fingerprint density at radius 3 is 2.42 bits per heavy atom. The molecule has 1 aromatic heterocycles. The fourth-order valence-corrected chi connectivity index (χ4v) is 2.38. The lowest BCUT2D eigenvalue weighted by Gasteiger charge is -2.08. The molecule has 2 N–H and O–H groups in total. The van der Waals surface area contributed by atoms with Crippen LogP contribution in [-0.2, 0) is 0 Å². The highest BCUT2D eigenvalue weighted by atomic mass is 35.5. The van der Waals surface area contributed by atoms with Crippen molar-refractivity contribution in [2.75, 3.05) is 17.7 Å². The van der Waals surface area contributed by atoms with E-state index in [1.54, 1.807) is 49.6 Å². The van der Waals surface area contributed by atoms with E-state index in [0.29, 0.717) is 28.5 Å². The standard InChI is InChI=1S/C19H15ClFN3O2/c1-26-15-6-3-13(4-7-15)24-19(25)12-2-9-18(22-11-12)23-14-5-8-17(21)16(20)10-14/h2-11H,1H3,(H,22,23)(H,24,25). The maximum atomic E-state index is 13.2. The average molecular weight is 372 g/mol. The molecular formula is C19H15ClFN3O2. The molecule has 0 unspecified atom stereocenters. The van der Waals surface area contributed by atoms with Crippen molar-refractivity contribution in [1.29, 1.82) is 0 Å². The van der Waals surface area contributed by atoms with Crippen molar-refractivity contribution in [2.45, 2.75) is 0 Å². The van der Waals surface area contributed by atoms with E-state index in [2.05, 4.69) is 15.6 Å². The van der Waals surface area contributed by atoms with Gasteiger partial charge in [0.15, 0.2) is 0 Å². The van der Waals surface area contributed by atoms with Crippen LogP contribution >= 0.6 is 11.6 Å². The van der Waals surface area contributed by atoms with Crippen molar-refractivity contribution < 1.29 is 13.9 Å². The van der Waals surface area contributed by atoms with Crippen LogP contribution in [0, 0.1) is 5.82 Å². The molecule has 0 radical (unpaired) electrons. The summed E-state index contributed by atoms with van der Waals surface area (Å²) >= 11 is 5.75. The third-order valence-corrected chi connectivity index (χ3v) is 3.86. The van der Waals surface area contributed by atoms with E-state index in [1.165, 1.54) is 18.3 Å². The Balaban J connectivity index is 1.66. The minimum absolute atomic E-state index is 0.0190. The highest BCUT2D eigenvalue weighted by molar-refractivity contribution is 6.31. The molecular weight excluding hydrogens is 357 g/mol. The van der Waals surface area contributed by atoms with Gasteiger partial charge in [-0.3, -0.25) is 4.79 Å². The zero-order valence-electron chi connectivity index (χ0n) is 13.8. The van der Waals surface area contributed by atoms with Gasteiger partial charge in [0.25, 0.3) is 5.91 Å². The maximum Gasteiger partial charge on any atom is 0.257 e. The van der Waals surface area contributed by atoms with Crippen LogP contribution in [0.4, 0.5) is 21.6 Å². The third kappa shape index (κ3) is 4.29. The molecule has 0 spiro atoms. The molecule has 0 saturated heterocycles. The van der Waals surface area contributed by atoms with E-state index in [4.69, 9.17) is 16.3 Å². The number of amides is 1. The van der Waals surface area contributed by atoms with Crippen LogP contribution in [0.5, 0.6) is 5.75 Å². The van der Waals surface area contributed by atoms with E-state index >= 15 is 0 Å². The molecule has 0 atom stereocenters. The van der Waals surface area contributed by atoms with Crippen molar-refractivity contribution in [1.82, 2.24) is 4.98 Å².